The van der Waals surface area contributed by atoms with Gasteiger partial charge in [0.25, 0.3) is 0 Å². The molecular weight excluding hydrogens is 210 g/mol. The third-order valence-corrected chi connectivity index (χ3v) is 4.48. The molecule has 0 spiro atoms. The summed E-state index contributed by atoms with van der Waals surface area (Å²) in [6, 6.07) is 3.30. The Morgan fingerprint density at radius 1 is 1.69 bits per heavy atom. The number of rotatable bonds is 4. The van der Waals surface area contributed by atoms with E-state index in [1.165, 1.54) is 11.3 Å². The highest BCUT2D eigenvalue weighted by Crippen LogP contribution is 2.16. The van der Waals surface area contributed by atoms with Gasteiger partial charge < -0.3 is 4.74 Å². The van der Waals surface area contributed by atoms with Gasteiger partial charge in [-0.25, -0.2) is 13.1 Å². The maximum Gasteiger partial charge on any atom is 0.250 e. The fourth-order valence-electron chi connectivity index (χ4n) is 0.876. The van der Waals surface area contributed by atoms with Crippen molar-refractivity contribution in [3.63, 3.8) is 0 Å². The highest BCUT2D eigenvalue weighted by atomic mass is 32.2. The van der Waals surface area contributed by atoms with Gasteiger partial charge in [-0.15, -0.1) is 11.3 Å². The van der Waals surface area contributed by atoms with Crippen LogP contribution in [0.2, 0.25) is 0 Å². The van der Waals surface area contributed by atoms with E-state index in [9.17, 15) is 8.42 Å². The number of ether oxygens (including phenoxy) is 1. The molecule has 1 aromatic heterocycles. The molecule has 1 N–H and O–H groups in total. The number of epoxide rings is 1. The van der Waals surface area contributed by atoms with E-state index in [-0.39, 0.29) is 6.10 Å². The Labute approximate surface area is 80.6 Å². The third kappa shape index (κ3) is 2.28. The average molecular weight is 219 g/mol. The van der Waals surface area contributed by atoms with Gasteiger partial charge in [-0.3, -0.25) is 0 Å². The molecule has 6 heteroatoms. The van der Waals surface area contributed by atoms with Gasteiger partial charge >= 0.3 is 0 Å². The van der Waals surface area contributed by atoms with Crippen LogP contribution < -0.4 is 4.72 Å². The van der Waals surface area contributed by atoms with E-state index in [1.54, 1.807) is 17.5 Å². The van der Waals surface area contributed by atoms with Gasteiger partial charge in [0.15, 0.2) is 0 Å². The summed E-state index contributed by atoms with van der Waals surface area (Å²) in [5, 5.41) is 1.74. The molecule has 0 aromatic carbocycles. The lowest BCUT2D eigenvalue weighted by Crippen LogP contribution is -2.26. The summed E-state index contributed by atoms with van der Waals surface area (Å²) in [6.45, 7) is 1.03. The molecule has 0 bridgehead atoms. The second-order valence-corrected chi connectivity index (χ2v) is 5.68. The lowest BCUT2D eigenvalue weighted by molar-refractivity contribution is 0.406. The molecule has 1 saturated heterocycles. The molecule has 0 aliphatic carbocycles. The van der Waals surface area contributed by atoms with Crippen LogP contribution in [0.5, 0.6) is 0 Å². The van der Waals surface area contributed by atoms with Crippen LogP contribution in [0, 0.1) is 0 Å². The zero-order chi connectivity index (χ0) is 9.31. The fourth-order valence-corrected chi connectivity index (χ4v) is 2.98. The molecule has 1 aromatic rings. The van der Waals surface area contributed by atoms with Crippen molar-refractivity contribution in [2.45, 2.75) is 10.3 Å². The molecule has 72 valence electrons. The SMILES string of the molecule is O=S(=O)(NC[C@H]1CO1)c1cccs1. The Morgan fingerprint density at radius 3 is 3.00 bits per heavy atom. The minimum atomic E-state index is -3.28. The summed E-state index contributed by atoms with van der Waals surface area (Å²) in [6.07, 6.45) is 0.0785. The van der Waals surface area contributed by atoms with Gasteiger partial charge in [-0.2, -0.15) is 0 Å². The van der Waals surface area contributed by atoms with Crippen LogP contribution in [0.1, 0.15) is 0 Å². The molecule has 0 radical (unpaired) electrons. The molecule has 2 rings (SSSR count). The maximum absolute atomic E-state index is 11.5. The highest BCUT2D eigenvalue weighted by molar-refractivity contribution is 7.91. The second-order valence-electron chi connectivity index (χ2n) is 2.74. The number of sulfonamides is 1. The van der Waals surface area contributed by atoms with E-state index in [1.807, 2.05) is 0 Å². The number of thiophene rings is 1. The Morgan fingerprint density at radius 2 is 2.46 bits per heavy atom. The molecule has 0 unspecified atom stereocenters. The van der Waals surface area contributed by atoms with Gasteiger partial charge in [0.05, 0.1) is 12.7 Å². The molecule has 2 heterocycles. The van der Waals surface area contributed by atoms with Crippen molar-refractivity contribution in [3.05, 3.63) is 17.5 Å². The van der Waals surface area contributed by atoms with Crippen LogP contribution >= 0.6 is 11.3 Å². The standard InChI is InChI=1S/C7H9NO3S2/c9-13(10,7-2-1-3-12-7)8-4-6-5-11-6/h1-3,6,8H,4-5H2/t6-/m0/s1. The largest absolute Gasteiger partial charge is 0.372 e. The van der Waals surface area contributed by atoms with Crippen LogP contribution in [-0.2, 0) is 14.8 Å². The molecule has 1 fully saturated rings. The first-order chi connectivity index (χ1) is 6.18. The summed E-state index contributed by atoms with van der Waals surface area (Å²) in [5.41, 5.74) is 0. The van der Waals surface area contributed by atoms with Crippen molar-refractivity contribution in [2.24, 2.45) is 0 Å². The molecule has 1 aliphatic heterocycles. The van der Waals surface area contributed by atoms with Crippen molar-refractivity contribution in [3.8, 4) is 0 Å². The summed E-state index contributed by atoms with van der Waals surface area (Å²) in [5.74, 6) is 0. The minimum Gasteiger partial charge on any atom is -0.372 e. The van der Waals surface area contributed by atoms with Crippen molar-refractivity contribution in [1.29, 1.82) is 0 Å². The zero-order valence-electron chi connectivity index (χ0n) is 6.76. The third-order valence-electron chi connectivity index (χ3n) is 1.66. The van der Waals surface area contributed by atoms with Crippen molar-refractivity contribution < 1.29 is 13.2 Å². The summed E-state index contributed by atoms with van der Waals surface area (Å²) in [4.78, 5) is 0. The van der Waals surface area contributed by atoms with E-state index < -0.39 is 10.0 Å². The van der Waals surface area contributed by atoms with Gasteiger partial charge in [0.2, 0.25) is 10.0 Å². The van der Waals surface area contributed by atoms with E-state index in [4.69, 9.17) is 4.74 Å². The first-order valence-corrected chi connectivity index (χ1v) is 6.19. The average Bonchev–Trinajstić information content (AvgIpc) is 2.74. The molecule has 1 atom stereocenters. The summed E-state index contributed by atoms with van der Waals surface area (Å²) >= 11 is 1.21. The Bertz CT molecular complexity index is 366. The van der Waals surface area contributed by atoms with Crippen LogP contribution in [-0.4, -0.2) is 27.7 Å². The lowest BCUT2D eigenvalue weighted by Gasteiger charge is -2.00. The van der Waals surface area contributed by atoms with Gasteiger partial charge in [-0.1, -0.05) is 6.07 Å². The van der Waals surface area contributed by atoms with Gasteiger partial charge in [0.1, 0.15) is 4.21 Å². The summed E-state index contributed by atoms with van der Waals surface area (Å²) < 4.78 is 30.7. The van der Waals surface area contributed by atoms with Crippen LogP contribution in [0.4, 0.5) is 0 Å². The lowest BCUT2D eigenvalue weighted by atomic mass is 10.5. The Kier molecular flexibility index (Phi) is 2.37. The van der Waals surface area contributed by atoms with Crippen LogP contribution in [0.25, 0.3) is 0 Å². The monoisotopic (exact) mass is 219 g/mol. The summed E-state index contributed by atoms with van der Waals surface area (Å²) in [7, 11) is -3.28. The van der Waals surface area contributed by atoms with Gasteiger partial charge in [-0.05, 0) is 11.4 Å². The topological polar surface area (TPSA) is 58.7 Å². The minimum absolute atomic E-state index is 0.0785. The first kappa shape index (κ1) is 9.14. The predicted molar refractivity (Wildman–Crippen MR) is 49.2 cm³/mol. The number of hydrogen-bond donors (Lipinski definition) is 1. The van der Waals surface area contributed by atoms with E-state index >= 15 is 0 Å². The van der Waals surface area contributed by atoms with Crippen molar-refractivity contribution >= 4 is 21.4 Å². The molecule has 1 aliphatic rings. The number of nitrogens with one attached hydrogen (secondary N) is 1. The maximum atomic E-state index is 11.5. The predicted octanol–water partition coefficient (Wildman–Crippen LogP) is 0.425. The van der Waals surface area contributed by atoms with Gasteiger partial charge in [0, 0.05) is 6.54 Å². The van der Waals surface area contributed by atoms with Crippen LogP contribution in [0.3, 0.4) is 0 Å². The second kappa shape index (κ2) is 3.38. The van der Waals surface area contributed by atoms with E-state index in [2.05, 4.69) is 4.72 Å². The molecule has 13 heavy (non-hydrogen) atoms. The smallest absolute Gasteiger partial charge is 0.250 e. The van der Waals surface area contributed by atoms with Crippen molar-refractivity contribution in [2.75, 3.05) is 13.2 Å². The normalized spacial score (nSPS) is 21.7. The van der Waals surface area contributed by atoms with Crippen molar-refractivity contribution in [1.82, 2.24) is 4.72 Å². The molecular formula is C7H9NO3S2. The molecule has 0 saturated carbocycles. The first-order valence-electron chi connectivity index (χ1n) is 3.83. The zero-order valence-corrected chi connectivity index (χ0v) is 8.40. The number of hydrogen-bond acceptors (Lipinski definition) is 4. The quantitative estimate of drug-likeness (QED) is 0.747. The molecule has 4 nitrogen and oxygen atoms in total. The molecule has 0 amide bonds. The Balaban J connectivity index is 2.02. The fraction of sp³-hybridized carbons (Fsp3) is 0.429. The van der Waals surface area contributed by atoms with E-state index in [0.717, 1.165) is 0 Å². The van der Waals surface area contributed by atoms with E-state index in [0.29, 0.717) is 17.4 Å². The Hall–Kier alpha value is -0.430. The van der Waals surface area contributed by atoms with Crippen LogP contribution in [0.15, 0.2) is 21.7 Å². The highest BCUT2D eigenvalue weighted by Gasteiger charge is 2.25.